The van der Waals surface area contributed by atoms with Gasteiger partial charge in [0.25, 0.3) is 11.8 Å². The Morgan fingerprint density at radius 3 is 2.66 bits per heavy atom. The lowest BCUT2D eigenvalue weighted by Gasteiger charge is -2.27. The van der Waals surface area contributed by atoms with Crippen LogP contribution in [0.4, 0.5) is 0 Å². The summed E-state index contributed by atoms with van der Waals surface area (Å²) in [7, 11) is 0. The third-order valence-electron chi connectivity index (χ3n) is 5.20. The molecule has 2 aliphatic rings. The number of benzene rings is 1. The zero-order valence-electron chi connectivity index (χ0n) is 16.1. The SMILES string of the molecule is O=C(NCCN1CCOCC1)c1cc2n(n1)CCN(Cc1ccc(Cl)cc1)C2=O. The van der Waals surface area contributed by atoms with Crippen molar-refractivity contribution in [1.29, 1.82) is 0 Å². The fraction of sp³-hybridized carbons (Fsp3) is 0.450. The highest BCUT2D eigenvalue weighted by atomic mass is 35.5. The number of carbonyl (C=O) groups excluding carboxylic acids is 2. The summed E-state index contributed by atoms with van der Waals surface area (Å²) in [6, 6.07) is 9.04. The standard InChI is InChI=1S/C20H24ClN5O3/c21-16-3-1-15(2-4-16)14-25-7-8-26-18(20(25)28)13-17(23-26)19(27)22-5-6-24-9-11-29-12-10-24/h1-4,13H,5-12,14H2,(H,22,27). The fourth-order valence-corrected chi connectivity index (χ4v) is 3.68. The van der Waals surface area contributed by atoms with Crippen LogP contribution >= 0.6 is 11.6 Å². The molecular formula is C20H24ClN5O3. The number of nitrogens with one attached hydrogen (secondary N) is 1. The first-order valence-electron chi connectivity index (χ1n) is 9.80. The van der Waals surface area contributed by atoms with Crippen molar-refractivity contribution in [2.45, 2.75) is 13.1 Å². The molecule has 2 amide bonds. The maximum atomic E-state index is 12.8. The van der Waals surface area contributed by atoms with Crippen LogP contribution in [0.1, 0.15) is 26.5 Å². The molecule has 29 heavy (non-hydrogen) atoms. The molecule has 1 aromatic carbocycles. The summed E-state index contributed by atoms with van der Waals surface area (Å²) in [5.41, 5.74) is 1.74. The predicted molar refractivity (Wildman–Crippen MR) is 108 cm³/mol. The monoisotopic (exact) mass is 417 g/mol. The highest BCUT2D eigenvalue weighted by molar-refractivity contribution is 6.30. The van der Waals surface area contributed by atoms with E-state index in [2.05, 4.69) is 15.3 Å². The van der Waals surface area contributed by atoms with Crippen molar-refractivity contribution in [2.75, 3.05) is 45.9 Å². The molecule has 2 aliphatic heterocycles. The molecule has 0 radical (unpaired) electrons. The lowest BCUT2D eigenvalue weighted by atomic mass is 10.2. The summed E-state index contributed by atoms with van der Waals surface area (Å²) in [4.78, 5) is 29.3. The molecule has 9 heteroatoms. The average Bonchev–Trinajstić information content (AvgIpc) is 3.18. The van der Waals surface area contributed by atoms with E-state index in [1.54, 1.807) is 15.6 Å². The number of ether oxygens (including phenoxy) is 1. The van der Waals surface area contributed by atoms with E-state index >= 15 is 0 Å². The van der Waals surface area contributed by atoms with E-state index in [0.717, 1.165) is 38.4 Å². The first-order chi connectivity index (χ1) is 14.1. The van der Waals surface area contributed by atoms with Crippen LogP contribution in [0.25, 0.3) is 0 Å². The molecule has 0 atom stereocenters. The number of rotatable bonds is 6. The van der Waals surface area contributed by atoms with Gasteiger partial charge in [-0.05, 0) is 17.7 Å². The normalized spacial score (nSPS) is 17.3. The highest BCUT2D eigenvalue weighted by Gasteiger charge is 2.28. The smallest absolute Gasteiger partial charge is 0.272 e. The Bertz CT molecular complexity index is 877. The Kier molecular flexibility index (Phi) is 6.13. The Balaban J connectivity index is 1.34. The third-order valence-corrected chi connectivity index (χ3v) is 5.46. The molecule has 1 fully saturated rings. The molecule has 3 heterocycles. The summed E-state index contributed by atoms with van der Waals surface area (Å²) in [6.45, 7) is 6.16. The minimum atomic E-state index is -0.253. The van der Waals surface area contributed by atoms with Gasteiger partial charge in [0, 0.05) is 50.4 Å². The third kappa shape index (κ3) is 4.77. The fourth-order valence-electron chi connectivity index (χ4n) is 3.55. The van der Waals surface area contributed by atoms with E-state index in [1.807, 2.05) is 24.3 Å². The molecule has 0 unspecified atom stereocenters. The van der Waals surface area contributed by atoms with Crippen molar-refractivity contribution in [2.24, 2.45) is 0 Å². The van der Waals surface area contributed by atoms with Crippen molar-refractivity contribution in [3.63, 3.8) is 0 Å². The maximum absolute atomic E-state index is 12.8. The molecule has 0 spiro atoms. The zero-order chi connectivity index (χ0) is 20.2. The predicted octanol–water partition coefficient (Wildman–Crippen LogP) is 1.25. The average molecular weight is 418 g/mol. The summed E-state index contributed by atoms with van der Waals surface area (Å²) in [5, 5.41) is 7.89. The Morgan fingerprint density at radius 2 is 1.90 bits per heavy atom. The molecule has 1 aromatic heterocycles. The molecular weight excluding hydrogens is 394 g/mol. The number of fused-ring (bicyclic) bond motifs is 1. The van der Waals surface area contributed by atoms with Gasteiger partial charge in [-0.15, -0.1) is 0 Å². The molecule has 0 aliphatic carbocycles. The lowest BCUT2D eigenvalue weighted by Crippen LogP contribution is -2.41. The van der Waals surface area contributed by atoms with Crippen LogP contribution in [0.15, 0.2) is 30.3 Å². The topological polar surface area (TPSA) is 79.7 Å². The van der Waals surface area contributed by atoms with E-state index in [1.165, 1.54) is 0 Å². The Morgan fingerprint density at radius 1 is 1.14 bits per heavy atom. The number of morpholine rings is 1. The van der Waals surface area contributed by atoms with Crippen LogP contribution in [0, 0.1) is 0 Å². The molecule has 1 saturated heterocycles. The zero-order valence-corrected chi connectivity index (χ0v) is 16.9. The summed E-state index contributed by atoms with van der Waals surface area (Å²) < 4.78 is 6.94. The van der Waals surface area contributed by atoms with Gasteiger partial charge in [0.15, 0.2) is 5.69 Å². The van der Waals surface area contributed by atoms with Gasteiger partial charge >= 0.3 is 0 Å². The van der Waals surface area contributed by atoms with Crippen molar-refractivity contribution in [3.05, 3.63) is 52.3 Å². The van der Waals surface area contributed by atoms with E-state index < -0.39 is 0 Å². The van der Waals surface area contributed by atoms with Crippen molar-refractivity contribution >= 4 is 23.4 Å². The second-order valence-electron chi connectivity index (χ2n) is 7.20. The van der Waals surface area contributed by atoms with E-state index in [4.69, 9.17) is 16.3 Å². The van der Waals surface area contributed by atoms with Gasteiger partial charge in [-0.1, -0.05) is 23.7 Å². The van der Waals surface area contributed by atoms with Crippen molar-refractivity contribution in [3.8, 4) is 0 Å². The maximum Gasteiger partial charge on any atom is 0.272 e. The number of hydrogen-bond acceptors (Lipinski definition) is 5. The Labute approximate surface area is 174 Å². The largest absolute Gasteiger partial charge is 0.379 e. The van der Waals surface area contributed by atoms with Gasteiger partial charge in [0.2, 0.25) is 0 Å². The molecule has 4 rings (SSSR count). The molecule has 0 bridgehead atoms. The van der Waals surface area contributed by atoms with E-state index in [9.17, 15) is 9.59 Å². The van der Waals surface area contributed by atoms with Gasteiger partial charge in [0.05, 0.1) is 19.8 Å². The molecule has 0 saturated carbocycles. The van der Waals surface area contributed by atoms with E-state index in [0.29, 0.717) is 36.9 Å². The Hall–Kier alpha value is -2.42. The van der Waals surface area contributed by atoms with Gasteiger partial charge in [0.1, 0.15) is 5.69 Å². The number of halogens is 1. The minimum absolute atomic E-state index is 0.119. The number of hydrogen-bond donors (Lipinski definition) is 1. The summed E-state index contributed by atoms with van der Waals surface area (Å²) >= 11 is 5.92. The van der Waals surface area contributed by atoms with Crippen LogP contribution in [0.2, 0.25) is 5.02 Å². The van der Waals surface area contributed by atoms with Gasteiger partial charge in [-0.25, -0.2) is 0 Å². The second-order valence-corrected chi connectivity index (χ2v) is 7.64. The first-order valence-corrected chi connectivity index (χ1v) is 10.2. The number of aromatic nitrogens is 2. The highest BCUT2D eigenvalue weighted by Crippen LogP contribution is 2.18. The van der Waals surface area contributed by atoms with Crippen LogP contribution in [0.5, 0.6) is 0 Å². The quantitative estimate of drug-likeness (QED) is 0.765. The summed E-state index contributed by atoms with van der Waals surface area (Å²) in [6.07, 6.45) is 0. The van der Waals surface area contributed by atoms with Crippen LogP contribution in [-0.4, -0.2) is 77.3 Å². The summed E-state index contributed by atoms with van der Waals surface area (Å²) in [5.74, 6) is -0.372. The number of amides is 2. The first kappa shape index (κ1) is 19.9. The molecule has 154 valence electrons. The van der Waals surface area contributed by atoms with Crippen molar-refractivity contribution < 1.29 is 14.3 Å². The minimum Gasteiger partial charge on any atom is -0.379 e. The van der Waals surface area contributed by atoms with E-state index in [-0.39, 0.29) is 17.5 Å². The lowest BCUT2D eigenvalue weighted by molar-refractivity contribution is 0.0383. The van der Waals surface area contributed by atoms with Crippen molar-refractivity contribution in [1.82, 2.24) is 24.9 Å². The number of nitrogens with zero attached hydrogens (tertiary/aromatic N) is 4. The van der Waals surface area contributed by atoms with Gasteiger partial charge in [-0.2, -0.15) is 5.10 Å². The van der Waals surface area contributed by atoms with Crippen LogP contribution in [-0.2, 0) is 17.8 Å². The van der Waals surface area contributed by atoms with Crippen LogP contribution in [0.3, 0.4) is 0 Å². The second kappa shape index (κ2) is 8.94. The van der Waals surface area contributed by atoms with Crippen LogP contribution < -0.4 is 5.32 Å². The molecule has 8 nitrogen and oxygen atoms in total. The molecule has 1 N–H and O–H groups in total. The number of carbonyl (C=O) groups is 2. The van der Waals surface area contributed by atoms with Gasteiger partial charge < -0.3 is 15.0 Å². The van der Waals surface area contributed by atoms with Gasteiger partial charge in [-0.3, -0.25) is 19.2 Å². The molecule has 2 aromatic rings.